The summed E-state index contributed by atoms with van der Waals surface area (Å²) in [6.07, 6.45) is 5.72. The number of H-pyrrole nitrogens is 1. The number of allylic oxidation sites excluding steroid dienone is 1. The van der Waals surface area contributed by atoms with Gasteiger partial charge in [-0.05, 0) is 24.6 Å². The van der Waals surface area contributed by atoms with E-state index < -0.39 is 0 Å². The molecule has 0 unspecified atom stereocenters. The molecule has 0 aliphatic heterocycles. The summed E-state index contributed by atoms with van der Waals surface area (Å²) < 4.78 is 0. The molecule has 70 valence electrons. The zero-order chi connectivity index (χ0) is 9.97. The molecule has 14 heavy (non-hydrogen) atoms. The van der Waals surface area contributed by atoms with Crippen LogP contribution in [0.25, 0.3) is 17.0 Å². The third-order valence-corrected chi connectivity index (χ3v) is 2.13. The monoisotopic (exact) mass is 184 g/mol. The summed E-state index contributed by atoms with van der Waals surface area (Å²) in [5, 5.41) is 8.51. The van der Waals surface area contributed by atoms with E-state index >= 15 is 0 Å². The van der Waals surface area contributed by atoms with Gasteiger partial charge < -0.3 is 10.4 Å². The van der Waals surface area contributed by atoms with E-state index in [1.807, 2.05) is 30.5 Å². The van der Waals surface area contributed by atoms with E-state index in [0.717, 1.165) is 11.1 Å². The SMILES string of the molecule is CC(=N)/C=C\c1c[nH]c2ccccc12. The van der Waals surface area contributed by atoms with Gasteiger partial charge in [0, 0.05) is 22.8 Å². The number of benzene rings is 1. The van der Waals surface area contributed by atoms with Gasteiger partial charge in [-0.3, -0.25) is 0 Å². The minimum atomic E-state index is 0.565. The van der Waals surface area contributed by atoms with Crippen molar-refractivity contribution in [2.45, 2.75) is 6.92 Å². The van der Waals surface area contributed by atoms with Crippen molar-refractivity contribution in [1.29, 1.82) is 5.41 Å². The van der Waals surface area contributed by atoms with Crippen LogP contribution in [-0.4, -0.2) is 10.7 Å². The van der Waals surface area contributed by atoms with Gasteiger partial charge in [-0.1, -0.05) is 24.3 Å². The topological polar surface area (TPSA) is 39.6 Å². The molecule has 2 N–H and O–H groups in total. The third-order valence-electron chi connectivity index (χ3n) is 2.13. The van der Waals surface area contributed by atoms with Gasteiger partial charge in [-0.15, -0.1) is 0 Å². The summed E-state index contributed by atoms with van der Waals surface area (Å²) in [6.45, 7) is 1.77. The van der Waals surface area contributed by atoms with Crippen LogP contribution in [-0.2, 0) is 0 Å². The van der Waals surface area contributed by atoms with Gasteiger partial charge in [0.05, 0.1) is 0 Å². The molecule has 0 aliphatic carbocycles. The van der Waals surface area contributed by atoms with Crippen LogP contribution in [0.3, 0.4) is 0 Å². The van der Waals surface area contributed by atoms with Crippen molar-refractivity contribution in [2.24, 2.45) is 0 Å². The van der Waals surface area contributed by atoms with E-state index in [9.17, 15) is 0 Å². The van der Waals surface area contributed by atoms with Crippen LogP contribution in [0.1, 0.15) is 12.5 Å². The van der Waals surface area contributed by atoms with Gasteiger partial charge >= 0.3 is 0 Å². The first-order valence-corrected chi connectivity index (χ1v) is 4.57. The minimum absolute atomic E-state index is 0.565. The number of aromatic amines is 1. The second-order valence-electron chi connectivity index (χ2n) is 3.31. The first-order chi connectivity index (χ1) is 6.77. The zero-order valence-corrected chi connectivity index (χ0v) is 8.04. The molecule has 0 amide bonds. The van der Waals surface area contributed by atoms with Crippen molar-refractivity contribution in [1.82, 2.24) is 4.98 Å². The Hall–Kier alpha value is -1.83. The van der Waals surface area contributed by atoms with Crippen molar-refractivity contribution >= 4 is 22.7 Å². The van der Waals surface area contributed by atoms with Crippen LogP contribution in [0.2, 0.25) is 0 Å². The molecule has 0 spiro atoms. The van der Waals surface area contributed by atoms with E-state index in [2.05, 4.69) is 11.1 Å². The molecule has 0 saturated heterocycles. The highest BCUT2D eigenvalue weighted by Crippen LogP contribution is 2.18. The highest BCUT2D eigenvalue weighted by molar-refractivity contribution is 5.97. The third kappa shape index (κ3) is 1.59. The van der Waals surface area contributed by atoms with Crippen LogP contribution in [0.4, 0.5) is 0 Å². The first kappa shape index (κ1) is 8.75. The smallest absolute Gasteiger partial charge is 0.0460 e. The van der Waals surface area contributed by atoms with E-state index in [0.29, 0.717) is 5.71 Å². The maximum Gasteiger partial charge on any atom is 0.0460 e. The molecule has 0 fully saturated rings. The molecule has 2 nitrogen and oxygen atoms in total. The summed E-state index contributed by atoms with van der Waals surface area (Å²) in [6, 6.07) is 8.15. The van der Waals surface area contributed by atoms with Crippen LogP contribution in [0, 0.1) is 5.41 Å². The Balaban J connectivity index is 2.48. The molecule has 1 aromatic heterocycles. The number of fused-ring (bicyclic) bond motifs is 1. The molecule has 1 aromatic carbocycles. The average Bonchev–Trinajstić information content (AvgIpc) is 2.58. The number of para-hydroxylation sites is 1. The first-order valence-electron chi connectivity index (χ1n) is 4.57. The van der Waals surface area contributed by atoms with Crippen molar-refractivity contribution in [3.8, 4) is 0 Å². The van der Waals surface area contributed by atoms with Crippen molar-refractivity contribution in [2.75, 3.05) is 0 Å². The van der Waals surface area contributed by atoms with Crippen LogP contribution in [0.15, 0.2) is 36.5 Å². The molecular formula is C12H12N2. The van der Waals surface area contributed by atoms with E-state index in [1.54, 1.807) is 13.0 Å². The van der Waals surface area contributed by atoms with E-state index in [4.69, 9.17) is 5.41 Å². The predicted octanol–water partition coefficient (Wildman–Crippen LogP) is 3.22. The maximum atomic E-state index is 7.31. The molecule has 1 heterocycles. The number of rotatable bonds is 2. The van der Waals surface area contributed by atoms with Gasteiger partial charge in [0.15, 0.2) is 0 Å². The second kappa shape index (κ2) is 3.50. The lowest BCUT2D eigenvalue weighted by atomic mass is 10.1. The molecule has 2 rings (SSSR count). The number of hydrogen-bond donors (Lipinski definition) is 2. The molecule has 0 atom stereocenters. The highest BCUT2D eigenvalue weighted by Gasteiger charge is 1.97. The molecule has 0 saturated carbocycles. The molecule has 0 bridgehead atoms. The lowest BCUT2D eigenvalue weighted by Crippen LogP contribution is -1.77. The van der Waals surface area contributed by atoms with Crippen molar-refractivity contribution in [3.63, 3.8) is 0 Å². The Bertz CT molecular complexity index is 492. The average molecular weight is 184 g/mol. The summed E-state index contributed by atoms with van der Waals surface area (Å²) in [5.41, 5.74) is 2.83. The Kier molecular flexibility index (Phi) is 2.19. The van der Waals surface area contributed by atoms with Crippen LogP contribution < -0.4 is 0 Å². The Morgan fingerprint density at radius 1 is 1.36 bits per heavy atom. The number of nitrogens with one attached hydrogen (secondary N) is 2. The maximum absolute atomic E-state index is 7.31. The number of aromatic nitrogens is 1. The van der Waals surface area contributed by atoms with Gasteiger partial charge in [0.1, 0.15) is 0 Å². The van der Waals surface area contributed by atoms with Gasteiger partial charge in [-0.2, -0.15) is 0 Å². The van der Waals surface area contributed by atoms with Crippen LogP contribution in [0.5, 0.6) is 0 Å². The molecular weight excluding hydrogens is 172 g/mol. The second-order valence-corrected chi connectivity index (χ2v) is 3.31. The van der Waals surface area contributed by atoms with Gasteiger partial charge in [-0.25, -0.2) is 0 Å². The molecule has 0 aliphatic rings. The zero-order valence-electron chi connectivity index (χ0n) is 8.04. The molecule has 2 heteroatoms. The van der Waals surface area contributed by atoms with E-state index in [1.165, 1.54) is 5.39 Å². The fourth-order valence-electron chi connectivity index (χ4n) is 1.45. The fourth-order valence-corrected chi connectivity index (χ4v) is 1.45. The predicted molar refractivity (Wildman–Crippen MR) is 60.7 cm³/mol. The summed E-state index contributed by atoms with van der Waals surface area (Å²) in [7, 11) is 0. The quantitative estimate of drug-likeness (QED) is 0.673. The minimum Gasteiger partial charge on any atom is -0.361 e. The summed E-state index contributed by atoms with van der Waals surface area (Å²) in [4.78, 5) is 3.19. The summed E-state index contributed by atoms with van der Waals surface area (Å²) in [5.74, 6) is 0. The Labute approximate surface area is 82.8 Å². The standard InChI is InChI=1S/C12H12N2/c1-9(13)6-7-10-8-14-12-5-3-2-4-11(10)12/h2-8,13-14H,1H3/b7-6-,13-9?. The van der Waals surface area contributed by atoms with Gasteiger partial charge in [0.25, 0.3) is 0 Å². The van der Waals surface area contributed by atoms with Crippen LogP contribution >= 0.6 is 0 Å². The molecule has 0 radical (unpaired) electrons. The normalized spacial score (nSPS) is 11.2. The Morgan fingerprint density at radius 3 is 2.93 bits per heavy atom. The van der Waals surface area contributed by atoms with E-state index in [-0.39, 0.29) is 0 Å². The fraction of sp³-hybridized carbons (Fsp3) is 0.0833. The van der Waals surface area contributed by atoms with Crippen molar-refractivity contribution < 1.29 is 0 Å². The lowest BCUT2D eigenvalue weighted by molar-refractivity contribution is 1.47. The number of hydrogen-bond acceptors (Lipinski definition) is 1. The molecule has 2 aromatic rings. The largest absolute Gasteiger partial charge is 0.361 e. The summed E-state index contributed by atoms with van der Waals surface area (Å²) >= 11 is 0. The highest BCUT2D eigenvalue weighted by atomic mass is 14.7. The van der Waals surface area contributed by atoms with Gasteiger partial charge in [0.2, 0.25) is 0 Å². The lowest BCUT2D eigenvalue weighted by Gasteiger charge is -1.90. The van der Waals surface area contributed by atoms with Crippen molar-refractivity contribution in [3.05, 3.63) is 42.1 Å². The Morgan fingerprint density at radius 2 is 2.14 bits per heavy atom.